The molecule has 0 aliphatic carbocycles. The summed E-state index contributed by atoms with van der Waals surface area (Å²) in [6.45, 7) is 2.78. The van der Waals surface area contributed by atoms with Gasteiger partial charge in [0.15, 0.2) is 0 Å². The van der Waals surface area contributed by atoms with Crippen molar-refractivity contribution in [1.29, 1.82) is 0 Å². The van der Waals surface area contributed by atoms with Crippen LogP contribution in [0.15, 0.2) is 48.5 Å². The number of nitrogens with one attached hydrogen (secondary N) is 1. The average molecular weight is 327 g/mol. The number of hydrogen-bond donors (Lipinski definition) is 1. The van der Waals surface area contributed by atoms with Crippen molar-refractivity contribution in [1.82, 2.24) is 4.90 Å². The third kappa shape index (κ3) is 2.54. The number of para-hydroxylation sites is 1. The van der Waals surface area contributed by atoms with Crippen molar-refractivity contribution >= 4 is 23.2 Å². The lowest BCUT2D eigenvalue weighted by Gasteiger charge is -2.38. The molecule has 23 heavy (non-hydrogen) atoms. The summed E-state index contributed by atoms with van der Waals surface area (Å²) in [7, 11) is 0. The Balaban J connectivity index is 1.49. The summed E-state index contributed by atoms with van der Waals surface area (Å²) in [5.74, 6) is 0.171. The number of piperidine rings is 1. The number of hydrogen-bond acceptors (Lipinski definition) is 2. The van der Waals surface area contributed by atoms with Crippen LogP contribution in [0.3, 0.4) is 0 Å². The third-order valence-electron chi connectivity index (χ3n) is 5.15. The van der Waals surface area contributed by atoms with Gasteiger partial charge in [-0.25, -0.2) is 0 Å². The van der Waals surface area contributed by atoms with Gasteiger partial charge in [-0.15, -0.1) is 0 Å². The van der Waals surface area contributed by atoms with Crippen molar-refractivity contribution in [3.8, 4) is 0 Å². The van der Waals surface area contributed by atoms with Crippen LogP contribution in [0, 0.1) is 0 Å². The Morgan fingerprint density at radius 3 is 2.48 bits per heavy atom. The molecule has 4 rings (SSSR count). The molecule has 2 aromatic rings. The van der Waals surface area contributed by atoms with Crippen LogP contribution >= 0.6 is 11.6 Å². The zero-order valence-electron chi connectivity index (χ0n) is 12.9. The first-order valence-electron chi connectivity index (χ1n) is 8.05. The summed E-state index contributed by atoms with van der Waals surface area (Å²) in [6.07, 6.45) is 1.76. The van der Waals surface area contributed by atoms with Crippen LogP contribution in [0.2, 0.25) is 5.02 Å². The lowest BCUT2D eigenvalue weighted by atomic mass is 9.73. The number of carbonyl (C=O) groups excluding carboxylic acids is 1. The maximum absolute atomic E-state index is 12.6. The van der Waals surface area contributed by atoms with Gasteiger partial charge in [-0.2, -0.15) is 0 Å². The van der Waals surface area contributed by atoms with E-state index in [1.54, 1.807) is 0 Å². The largest absolute Gasteiger partial charge is 0.325 e. The molecule has 1 amide bonds. The molecule has 1 fully saturated rings. The second-order valence-corrected chi connectivity index (χ2v) is 6.92. The van der Waals surface area contributed by atoms with Gasteiger partial charge in [-0.1, -0.05) is 41.9 Å². The fourth-order valence-corrected chi connectivity index (χ4v) is 3.94. The molecule has 118 valence electrons. The predicted octanol–water partition coefficient (Wildman–Crippen LogP) is 3.83. The summed E-state index contributed by atoms with van der Waals surface area (Å²) in [5, 5.41) is 3.83. The molecule has 2 aliphatic heterocycles. The molecule has 1 saturated heterocycles. The van der Waals surface area contributed by atoms with Crippen molar-refractivity contribution in [2.24, 2.45) is 0 Å². The van der Waals surface area contributed by atoms with Gasteiger partial charge in [0.1, 0.15) is 0 Å². The van der Waals surface area contributed by atoms with E-state index in [0.29, 0.717) is 0 Å². The summed E-state index contributed by atoms with van der Waals surface area (Å²) >= 11 is 5.94. The first-order chi connectivity index (χ1) is 11.2. The molecule has 0 bridgehead atoms. The molecular weight excluding hydrogens is 308 g/mol. The van der Waals surface area contributed by atoms with Crippen molar-refractivity contribution in [3.05, 3.63) is 64.7 Å². The predicted molar refractivity (Wildman–Crippen MR) is 92.7 cm³/mol. The first kappa shape index (κ1) is 14.7. The second kappa shape index (κ2) is 5.66. The quantitative estimate of drug-likeness (QED) is 0.909. The van der Waals surface area contributed by atoms with Crippen LogP contribution in [0.5, 0.6) is 0 Å². The van der Waals surface area contributed by atoms with Gasteiger partial charge in [-0.3, -0.25) is 9.69 Å². The minimum atomic E-state index is -0.326. The Labute approximate surface area is 141 Å². The maximum atomic E-state index is 12.6. The Morgan fingerprint density at radius 2 is 1.74 bits per heavy atom. The van der Waals surface area contributed by atoms with E-state index in [9.17, 15) is 4.79 Å². The van der Waals surface area contributed by atoms with E-state index in [4.69, 9.17) is 11.6 Å². The fourth-order valence-electron chi connectivity index (χ4n) is 3.81. The standard InChI is InChI=1S/C19H19ClN2O/c20-15-7-5-14(6-8-15)13-22-11-9-19(10-12-22)16-3-1-2-4-17(16)21-18(19)23/h1-8H,9-13H2,(H,21,23). The van der Waals surface area contributed by atoms with Crippen LogP contribution < -0.4 is 5.32 Å². The molecule has 0 unspecified atom stereocenters. The second-order valence-electron chi connectivity index (χ2n) is 6.48. The molecule has 2 heterocycles. The highest BCUT2D eigenvalue weighted by Gasteiger charge is 2.48. The number of amides is 1. The maximum Gasteiger partial charge on any atom is 0.235 e. The number of rotatable bonds is 2. The lowest BCUT2D eigenvalue weighted by molar-refractivity contribution is -0.122. The molecule has 1 spiro atoms. The molecule has 2 aliphatic rings. The Bertz CT molecular complexity index is 733. The van der Waals surface area contributed by atoms with Crippen LogP contribution in [-0.2, 0) is 16.8 Å². The van der Waals surface area contributed by atoms with Gasteiger partial charge in [0.2, 0.25) is 5.91 Å². The van der Waals surface area contributed by atoms with E-state index < -0.39 is 0 Å². The highest BCUT2D eigenvalue weighted by Crippen LogP contribution is 2.44. The number of carbonyl (C=O) groups is 1. The van der Waals surface area contributed by atoms with Gasteiger partial charge in [-0.05, 0) is 55.3 Å². The van der Waals surface area contributed by atoms with E-state index in [1.165, 1.54) is 11.1 Å². The Hall–Kier alpha value is -1.84. The molecule has 1 N–H and O–H groups in total. The molecule has 3 nitrogen and oxygen atoms in total. The van der Waals surface area contributed by atoms with Gasteiger partial charge >= 0.3 is 0 Å². The monoisotopic (exact) mass is 326 g/mol. The zero-order valence-corrected chi connectivity index (χ0v) is 13.6. The minimum absolute atomic E-state index is 0.171. The third-order valence-corrected chi connectivity index (χ3v) is 5.41. The number of fused-ring (bicyclic) bond motifs is 2. The number of anilines is 1. The Kier molecular flexibility index (Phi) is 3.63. The van der Waals surface area contributed by atoms with Crippen LogP contribution in [0.1, 0.15) is 24.0 Å². The minimum Gasteiger partial charge on any atom is -0.325 e. The molecule has 0 atom stereocenters. The normalized spacial score (nSPS) is 19.6. The average Bonchev–Trinajstić information content (AvgIpc) is 2.84. The van der Waals surface area contributed by atoms with E-state index in [1.807, 2.05) is 30.3 Å². The van der Waals surface area contributed by atoms with Crippen molar-refractivity contribution in [2.75, 3.05) is 18.4 Å². The first-order valence-corrected chi connectivity index (χ1v) is 8.43. The summed E-state index contributed by atoms with van der Waals surface area (Å²) < 4.78 is 0. The number of halogens is 1. The molecule has 2 aromatic carbocycles. The van der Waals surface area contributed by atoms with Crippen LogP contribution in [0.4, 0.5) is 5.69 Å². The van der Waals surface area contributed by atoms with Gasteiger partial charge in [0.25, 0.3) is 0 Å². The van der Waals surface area contributed by atoms with E-state index in [0.717, 1.165) is 43.2 Å². The van der Waals surface area contributed by atoms with Gasteiger partial charge in [0.05, 0.1) is 5.41 Å². The van der Waals surface area contributed by atoms with E-state index >= 15 is 0 Å². The van der Waals surface area contributed by atoms with Gasteiger partial charge in [0, 0.05) is 17.3 Å². The van der Waals surface area contributed by atoms with Crippen LogP contribution in [0.25, 0.3) is 0 Å². The van der Waals surface area contributed by atoms with Crippen LogP contribution in [-0.4, -0.2) is 23.9 Å². The molecule has 0 aromatic heterocycles. The molecule has 0 radical (unpaired) electrons. The smallest absolute Gasteiger partial charge is 0.235 e. The highest BCUT2D eigenvalue weighted by atomic mass is 35.5. The highest BCUT2D eigenvalue weighted by molar-refractivity contribution is 6.30. The molecule has 0 saturated carbocycles. The van der Waals surface area contributed by atoms with Crippen molar-refractivity contribution < 1.29 is 4.79 Å². The van der Waals surface area contributed by atoms with Crippen molar-refractivity contribution in [3.63, 3.8) is 0 Å². The number of benzene rings is 2. The number of likely N-dealkylation sites (tertiary alicyclic amines) is 1. The summed E-state index contributed by atoms with van der Waals surface area (Å²) in [5.41, 5.74) is 3.11. The zero-order chi connectivity index (χ0) is 15.9. The topological polar surface area (TPSA) is 32.3 Å². The molecular formula is C19H19ClN2O. The van der Waals surface area contributed by atoms with E-state index in [2.05, 4.69) is 28.4 Å². The van der Waals surface area contributed by atoms with Gasteiger partial charge < -0.3 is 5.32 Å². The van der Waals surface area contributed by atoms with E-state index in [-0.39, 0.29) is 11.3 Å². The van der Waals surface area contributed by atoms with Crippen molar-refractivity contribution in [2.45, 2.75) is 24.8 Å². The molecule has 4 heteroatoms. The summed E-state index contributed by atoms with van der Waals surface area (Å²) in [4.78, 5) is 15.0. The summed E-state index contributed by atoms with van der Waals surface area (Å²) in [6, 6.07) is 16.1. The lowest BCUT2D eigenvalue weighted by Crippen LogP contribution is -2.46. The number of nitrogens with zero attached hydrogens (tertiary/aromatic N) is 1. The Morgan fingerprint density at radius 1 is 1.04 bits per heavy atom. The fraction of sp³-hybridized carbons (Fsp3) is 0.316. The SMILES string of the molecule is O=C1Nc2ccccc2C12CCN(Cc1ccc(Cl)cc1)CC2.